The molecule has 16 heavy (non-hydrogen) atoms. The highest BCUT2D eigenvalue weighted by molar-refractivity contribution is 5.69. The maximum atomic E-state index is 10.7. The van der Waals surface area contributed by atoms with Gasteiger partial charge in [0.25, 0.3) is 0 Å². The van der Waals surface area contributed by atoms with Crippen molar-refractivity contribution in [1.82, 2.24) is 4.98 Å². The Morgan fingerprint density at radius 3 is 2.81 bits per heavy atom. The third kappa shape index (κ3) is 3.22. The zero-order chi connectivity index (χ0) is 12.1. The minimum absolute atomic E-state index is 0.310. The van der Waals surface area contributed by atoms with Crippen LogP contribution in [0.15, 0.2) is 18.3 Å². The van der Waals surface area contributed by atoms with Crippen molar-refractivity contribution in [2.24, 2.45) is 5.92 Å². The van der Waals surface area contributed by atoms with Gasteiger partial charge < -0.3 is 10.0 Å². The molecule has 0 saturated heterocycles. The van der Waals surface area contributed by atoms with Gasteiger partial charge in [-0.3, -0.25) is 4.79 Å². The summed E-state index contributed by atoms with van der Waals surface area (Å²) in [6, 6.07) is 3.88. The molecule has 1 aromatic heterocycles. The molecule has 0 radical (unpaired) electrons. The molecule has 0 aliphatic carbocycles. The largest absolute Gasteiger partial charge is 0.481 e. The molecule has 0 amide bonds. The Hall–Kier alpha value is -1.58. The second kappa shape index (κ2) is 5.49. The van der Waals surface area contributed by atoms with E-state index in [9.17, 15) is 4.79 Å². The molecule has 1 N–H and O–H groups in total. The van der Waals surface area contributed by atoms with Crippen LogP contribution in [0, 0.1) is 5.92 Å². The Labute approximate surface area is 95.9 Å². The van der Waals surface area contributed by atoms with Crippen molar-refractivity contribution >= 4 is 11.8 Å². The Bertz CT molecular complexity index is 364. The third-order valence-electron chi connectivity index (χ3n) is 2.56. The second-order valence-corrected chi connectivity index (χ2v) is 4.16. The fraction of sp³-hybridized carbons (Fsp3) is 0.500. The highest BCUT2D eigenvalue weighted by Gasteiger charge is 2.12. The quantitative estimate of drug-likeness (QED) is 0.825. The number of hydrogen-bond donors (Lipinski definition) is 1. The van der Waals surface area contributed by atoms with Gasteiger partial charge in [0.05, 0.1) is 5.92 Å². The minimum atomic E-state index is -0.740. The molecule has 1 rings (SSSR count). The fourth-order valence-corrected chi connectivity index (χ4v) is 1.52. The van der Waals surface area contributed by atoms with Gasteiger partial charge in [-0.05, 0) is 24.5 Å². The monoisotopic (exact) mass is 222 g/mol. The summed E-state index contributed by atoms with van der Waals surface area (Å²) in [5.74, 6) is -0.134. The molecular formula is C12H18N2O2. The Kier molecular flexibility index (Phi) is 4.28. The van der Waals surface area contributed by atoms with Crippen molar-refractivity contribution in [3.8, 4) is 0 Å². The number of carbonyl (C=O) groups is 1. The predicted molar refractivity (Wildman–Crippen MR) is 63.7 cm³/mol. The van der Waals surface area contributed by atoms with E-state index in [1.807, 2.05) is 31.1 Å². The van der Waals surface area contributed by atoms with E-state index >= 15 is 0 Å². The molecule has 1 unspecified atom stereocenters. The van der Waals surface area contributed by atoms with Crippen LogP contribution in [0.1, 0.15) is 18.9 Å². The van der Waals surface area contributed by atoms with Crippen LogP contribution >= 0.6 is 0 Å². The van der Waals surface area contributed by atoms with Crippen molar-refractivity contribution in [2.45, 2.75) is 19.8 Å². The summed E-state index contributed by atoms with van der Waals surface area (Å²) in [5, 5.41) is 8.81. The van der Waals surface area contributed by atoms with E-state index in [2.05, 4.69) is 4.98 Å². The number of hydrogen-bond acceptors (Lipinski definition) is 3. The standard InChI is InChI=1S/C12H18N2O2/c1-9(12(15)16)6-7-10-5-4-8-13-11(10)14(2)3/h4-5,8-9H,6-7H2,1-3H3,(H,15,16). The van der Waals surface area contributed by atoms with E-state index in [-0.39, 0.29) is 5.92 Å². The number of carboxylic acid groups (broad SMARTS) is 1. The number of rotatable bonds is 5. The first-order chi connectivity index (χ1) is 7.52. The fourth-order valence-electron chi connectivity index (χ4n) is 1.52. The van der Waals surface area contributed by atoms with Crippen LogP contribution < -0.4 is 4.90 Å². The molecule has 0 aromatic carbocycles. The number of anilines is 1. The van der Waals surface area contributed by atoms with Gasteiger partial charge in [0, 0.05) is 20.3 Å². The molecule has 4 heteroatoms. The van der Waals surface area contributed by atoms with Crippen LogP contribution in [0.4, 0.5) is 5.82 Å². The van der Waals surface area contributed by atoms with Crippen LogP contribution in [0.3, 0.4) is 0 Å². The van der Waals surface area contributed by atoms with Crippen molar-refractivity contribution in [3.05, 3.63) is 23.9 Å². The lowest BCUT2D eigenvalue weighted by Crippen LogP contribution is -2.15. The predicted octanol–water partition coefficient (Wildman–Crippen LogP) is 1.80. The maximum Gasteiger partial charge on any atom is 0.306 e. The molecule has 0 fully saturated rings. The average Bonchev–Trinajstić information content (AvgIpc) is 2.25. The minimum Gasteiger partial charge on any atom is -0.481 e. The Morgan fingerprint density at radius 1 is 1.56 bits per heavy atom. The average molecular weight is 222 g/mol. The molecule has 0 bridgehead atoms. The first-order valence-corrected chi connectivity index (χ1v) is 5.36. The summed E-state index contributed by atoms with van der Waals surface area (Å²) >= 11 is 0. The maximum absolute atomic E-state index is 10.7. The molecule has 0 spiro atoms. The van der Waals surface area contributed by atoms with Crippen LogP contribution in [0.5, 0.6) is 0 Å². The lowest BCUT2D eigenvalue weighted by molar-refractivity contribution is -0.141. The topological polar surface area (TPSA) is 53.4 Å². The highest BCUT2D eigenvalue weighted by atomic mass is 16.4. The normalized spacial score (nSPS) is 12.2. The van der Waals surface area contributed by atoms with E-state index in [1.165, 1.54) is 0 Å². The van der Waals surface area contributed by atoms with E-state index in [0.717, 1.165) is 17.8 Å². The molecule has 4 nitrogen and oxygen atoms in total. The molecule has 0 aliphatic rings. The zero-order valence-electron chi connectivity index (χ0n) is 9.97. The number of carboxylic acids is 1. The summed E-state index contributed by atoms with van der Waals surface area (Å²) in [7, 11) is 3.87. The highest BCUT2D eigenvalue weighted by Crippen LogP contribution is 2.18. The number of nitrogens with zero attached hydrogens (tertiary/aromatic N) is 2. The van der Waals surface area contributed by atoms with Gasteiger partial charge in [-0.15, -0.1) is 0 Å². The van der Waals surface area contributed by atoms with E-state index in [1.54, 1.807) is 13.1 Å². The first-order valence-electron chi connectivity index (χ1n) is 5.36. The van der Waals surface area contributed by atoms with E-state index < -0.39 is 5.97 Å². The van der Waals surface area contributed by atoms with E-state index in [4.69, 9.17) is 5.11 Å². The van der Waals surface area contributed by atoms with Crippen molar-refractivity contribution in [3.63, 3.8) is 0 Å². The lowest BCUT2D eigenvalue weighted by Gasteiger charge is -2.16. The molecule has 0 aliphatic heterocycles. The number of aromatic nitrogens is 1. The van der Waals surface area contributed by atoms with Gasteiger partial charge in [-0.25, -0.2) is 4.98 Å². The van der Waals surface area contributed by atoms with Gasteiger partial charge in [0.2, 0.25) is 0 Å². The van der Waals surface area contributed by atoms with Gasteiger partial charge >= 0.3 is 5.97 Å². The Morgan fingerprint density at radius 2 is 2.25 bits per heavy atom. The molecule has 1 aromatic rings. The zero-order valence-corrected chi connectivity index (χ0v) is 9.97. The van der Waals surface area contributed by atoms with Crippen LogP contribution in [-0.4, -0.2) is 30.2 Å². The van der Waals surface area contributed by atoms with Crippen LogP contribution in [-0.2, 0) is 11.2 Å². The molecule has 1 heterocycles. The first kappa shape index (κ1) is 12.5. The van der Waals surface area contributed by atoms with Crippen LogP contribution in [0.2, 0.25) is 0 Å². The van der Waals surface area contributed by atoms with Gasteiger partial charge in [0.15, 0.2) is 0 Å². The van der Waals surface area contributed by atoms with Crippen molar-refractivity contribution < 1.29 is 9.90 Å². The summed E-state index contributed by atoms with van der Waals surface area (Å²) in [6.45, 7) is 1.73. The summed E-state index contributed by atoms with van der Waals surface area (Å²) in [6.07, 6.45) is 3.14. The summed E-state index contributed by atoms with van der Waals surface area (Å²) in [5.41, 5.74) is 1.10. The number of aryl methyl sites for hydroxylation is 1. The molecule has 1 atom stereocenters. The van der Waals surface area contributed by atoms with Gasteiger partial charge in [-0.2, -0.15) is 0 Å². The SMILES string of the molecule is CC(CCc1cccnc1N(C)C)C(=O)O. The summed E-state index contributed by atoms with van der Waals surface area (Å²) < 4.78 is 0. The Balaban J connectivity index is 2.70. The number of aliphatic carboxylic acids is 1. The van der Waals surface area contributed by atoms with Gasteiger partial charge in [-0.1, -0.05) is 13.0 Å². The van der Waals surface area contributed by atoms with E-state index in [0.29, 0.717) is 6.42 Å². The molecule has 0 saturated carbocycles. The van der Waals surface area contributed by atoms with Crippen molar-refractivity contribution in [1.29, 1.82) is 0 Å². The number of pyridine rings is 1. The smallest absolute Gasteiger partial charge is 0.306 e. The molecular weight excluding hydrogens is 204 g/mol. The lowest BCUT2D eigenvalue weighted by atomic mass is 10.0. The molecule has 88 valence electrons. The summed E-state index contributed by atoms with van der Waals surface area (Å²) in [4.78, 5) is 16.9. The van der Waals surface area contributed by atoms with Crippen LogP contribution in [0.25, 0.3) is 0 Å². The van der Waals surface area contributed by atoms with Crippen molar-refractivity contribution in [2.75, 3.05) is 19.0 Å². The van der Waals surface area contributed by atoms with Gasteiger partial charge in [0.1, 0.15) is 5.82 Å². The third-order valence-corrected chi connectivity index (χ3v) is 2.56. The second-order valence-electron chi connectivity index (χ2n) is 4.16.